The highest BCUT2D eigenvalue weighted by Crippen LogP contribution is 2.57. The van der Waals surface area contributed by atoms with E-state index in [0.717, 1.165) is 30.3 Å². The molecular formula is C20H20N8O2. The number of imidazole rings is 1. The van der Waals surface area contributed by atoms with E-state index < -0.39 is 0 Å². The van der Waals surface area contributed by atoms with Gasteiger partial charge < -0.3 is 14.0 Å². The van der Waals surface area contributed by atoms with Gasteiger partial charge in [-0.25, -0.2) is 15.0 Å². The molecule has 1 saturated carbocycles. The third-order valence-corrected chi connectivity index (χ3v) is 6.20. The van der Waals surface area contributed by atoms with Crippen LogP contribution in [0.1, 0.15) is 23.2 Å². The van der Waals surface area contributed by atoms with E-state index in [2.05, 4.69) is 42.1 Å². The summed E-state index contributed by atoms with van der Waals surface area (Å²) < 4.78 is 8.58. The fourth-order valence-corrected chi connectivity index (χ4v) is 4.54. The van der Waals surface area contributed by atoms with Gasteiger partial charge in [-0.2, -0.15) is 4.98 Å². The van der Waals surface area contributed by atoms with Crippen LogP contribution < -0.4 is 10.5 Å². The minimum Gasteiger partial charge on any atom is -0.356 e. The Hall–Kier alpha value is -3.56. The van der Waals surface area contributed by atoms with Gasteiger partial charge in [-0.05, 0) is 30.4 Å². The molecule has 152 valence electrons. The number of aryl methyl sites for hydroxylation is 2. The van der Waals surface area contributed by atoms with Crippen LogP contribution in [-0.4, -0.2) is 47.3 Å². The Morgan fingerprint density at radius 1 is 1.13 bits per heavy atom. The molecule has 0 unspecified atom stereocenters. The van der Waals surface area contributed by atoms with Crippen LogP contribution in [-0.2, 0) is 13.6 Å². The third-order valence-electron chi connectivity index (χ3n) is 6.20. The van der Waals surface area contributed by atoms with Crippen LogP contribution in [0, 0.1) is 18.8 Å². The molecule has 4 aromatic heterocycles. The molecule has 1 aliphatic heterocycles. The van der Waals surface area contributed by atoms with Gasteiger partial charge in [-0.3, -0.25) is 9.36 Å². The zero-order valence-corrected chi connectivity index (χ0v) is 16.6. The zero-order valence-electron chi connectivity index (χ0n) is 16.6. The monoisotopic (exact) mass is 404 g/mol. The lowest BCUT2D eigenvalue weighted by molar-refractivity contribution is 0.363. The Bertz CT molecular complexity index is 1290. The van der Waals surface area contributed by atoms with E-state index in [1.54, 1.807) is 17.9 Å². The van der Waals surface area contributed by atoms with E-state index in [1.165, 1.54) is 10.9 Å². The highest BCUT2D eigenvalue weighted by atomic mass is 16.5. The summed E-state index contributed by atoms with van der Waals surface area (Å²) in [4.78, 5) is 32.4. The van der Waals surface area contributed by atoms with Crippen molar-refractivity contribution in [2.24, 2.45) is 18.9 Å². The number of pyridine rings is 1. The highest BCUT2D eigenvalue weighted by Gasteiger charge is 2.58. The summed E-state index contributed by atoms with van der Waals surface area (Å²) in [6.45, 7) is 4.15. The number of nitrogens with zero attached hydrogens (tertiary/aromatic N) is 8. The molecule has 2 aliphatic rings. The molecule has 4 aromatic rings. The molecule has 10 heteroatoms. The van der Waals surface area contributed by atoms with Gasteiger partial charge in [0.1, 0.15) is 18.7 Å². The summed E-state index contributed by atoms with van der Waals surface area (Å²) in [6.07, 6.45) is 4.96. The highest BCUT2D eigenvalue weighted by molar-refractivity contribution is 5.68. The first-order chi connectivity index (χ1) is 14.6. The molecule has 0 spiro atoms. The maximum Gasteiger partial charge on any atom is 0.280 e. The average molecular weight is 404 g/mol. The van der Waals surface area contributed by atoms with Gasteiger partial charge in [0.15, 0.2) is 17.0 Å². The van der Waals surface area contributed by atoms with E-state index in [-0.39, 0.29) is 12.1 Å². The third kappa shape index (κ3) is 2.63. The topological polar surface area (TPSA) is 108 Å². The molecule has 0 N–H and O–H groups in total. The molecule has 1 saturated heterocycles. The number of hydrogen-bond donors (Lipinski definition) is 0. The first-order valence-electron chi connectivity index (χ1n) is 9.95. The van der Waals surface area contributed by atoms with Crippen molar-refractivity contribution in [2.75, 3.05) is 18.0 Å². The van der Waals surface area contributed by atoms with Crippen LogP contribution in [0.25, 0.3) is 11.2 Å². The van der Waals surface area contributed by atoms with Crippen molar-refractivity contribution < 1.29 is 4.52 Å². The zero-order chi connectivity index (χ0) is 20.4. The number of hydrogen-bond acceptors (Lipinski definition) is 8. The average Bonchev–Trinajstić information content (AvgIpc) is 3.16. The molecule has 2 fully saturated rings. The number of aromatic nitrogens is 7. The molecule has 1 aliphatic carbocycles. The van der Waals surface area contributed by atoms with Crippen molar-refractivity contribution in [3.8, 4) is 0 Å². The molecule has 0 bridgehead atoms. The molecule has 30 heavy (non-hydrogen) atoms. The lowest BCUT2D eigenvalue weighted by Crippen LogP contribution is -2.24. The van der Waals surface area contributed by atoms with Gasteiger partial charge in [0, 0.05) is 32.3 Å². The Kier molecular flexibility index (Phi) is 3.59. The van der Waals surface area contributed by atoms with Gasteiger partial charge in [0.2, 0.25) is 5.89 Å². The molecular weight excluding hydrogens is 384 g/mol. The van der Waals surface area contributed by atoms with E-state index in [4.69, 9.17) is 4.52 Å². The number of anilines is 1. The molecule has 6 rings (SSSR count). The van der Waals surface area contributed by atoms with Crippen LogP contribution in [0.5, 0.6) is 0 Å². The smallest absolute Gasteiger partial charge is 0.280 e. The maximum absolute atomic E-state index is 12.7. The van der Waals surface area contributed by atoms with Gasteiger partial charge >= 0.3 is 0 Å². The Labute approximate surface area is 171 Å². The summed E-state index contributed by atoms with van der Waals surface area (Å²) in [6, 6.07) is 4.17. The second-order valence-corrected chi connectivity index (χ2v) is 8.20. The van der Waals surface area contributed by atoms with Crippen molar-refractivity contribution >= 4 is 17.0 Å². The molecule has 0 radical (unpaired) electrons. The van der Waals surface area contributed by atoms with E-state index in [1.807, 2.05) is 13.1 Å². The van der Waals surface area contributed by atoms with Gasteiger partial charge in [-0.15, -0.1) is 0 Å². The van der Waals surface area contributed by atoms with Crippen molar-refractivity contribution in [1.29, 1.82) is 0 Å². The van der Waals surface area contributed by atoms with Crippen LogP contribution >= 0.6 is 0 Å². The van der Waals surface area contributed by atoms with Crippen molar-refractivity contribution in [1.82, 2.24) is 34.2 Å². The summed E-state index contributed by atoms with van der Waals surface area (Å²) in [5.74, 6) is 3.54. The minimum absolute atomic E-state index is 0.177. The van der Waals surface area contributed by atoms with Crippen LogP contribution in [0.3, 0.4) is 0 Å². The van der Waals surface area contributed by atoms with Crippen LogP contribution in [0.15, 0.2) is 40.3 Å². The standard InChI is InChI=1S/C20H20N8O2/c1-11-3-4-14(21-5-11)27-6-12-13(7-27)16(12)18-24-15(30-25-18)8-28-10-23-19-17(20(28)29)26(2)9-22-19/h3-5,9-10,12-13,16H,6-8H2,1-2H3/t12-,13+,16-. The Morgan fingerprint density at radius 3 is 2.70 bits per heavy atom. The second kappa shape index (κ2) is 6.22. The molecule has 0 aromatic carbocycles. The predicted octanol–water partition coefficient (Wildman–Crippen LogP) is 1.11. The lowest BCUT2D eigenvalue weighted by Gasteiger charge is -2.20. The normalized spacial score (nSPS) is 22.6. The molecule has 0 amide bonds. The SMILES string of the molecule is Cc1ccc(N2C[C@@H]3[C@H](C2)[C@@H]3c2noc(Cn3cnc4ncn(C)c4c3=O)n2)nc1. The first kappa shape index (κ1) is 17.3. The van der Waals surface area contributed by atoms with Gasteiger partial charge in [0.25, 0.3) is 5.56 Å². The number of rotatable bonds is 4. The molecule has 5 heterocycles. The molecule has 10 nitrogen and oxygen atoms in total. The molecule has 3 atom stereocenters. The number of fused-ring (bicyclic) bond motifs is 2. The summed E-state index contributed by atoms with van der Waals surface area (Å²) >= 11 is 0. The predicted molar refractivity (Wildman–Crippen MR) is 107 cm³/mol. The van der Waals surface area contributed by atoms with Crippen LogP contribution in [0.2, 0.25) is 0 Å². The van der Waals surface area contributed by atoms with Crippen molar-refractivity contribution in [3.05, 3.63) is 58.6 Å². The summed E-state index contributed by atoms with van der Waals surface area (Å²) in [5.41, 5.74) is 1.88. The van der Waals surface area contributed by atoms with E-state index >= 15 is 0 Å². The van der Waals surface area contributed by atoms with Crippen molar-refractivity contribution in [3.63, 3.8) is 0 Å². The second-order valence-electron chi connectivity index (χ2n) is 8.20. The summed E-state index contributed by atoms with van der Waals surface area (Å²) in [5, 5.41) is 4.19. The first-order valence-corrected chi connectivity index (χ1v) is 9.95. The number of piperidine rings is 1. The van der Waals surface area contributed by atoms with Crippen LogP contribution in [0.4, 0.5) is 5.82 Å². The van der Waals surface area contributed by atoms with E-state index in [0.29, 0.717) is 34.8 Å². The summed E-state index contributed by atoms with van der Waals surface area (Å²) in [7, 11) is 1.77. The Morgan fingerprint density at radius 2 is 1.93 bits per heavy atom. The van der Waals surface area contributed by atoms with E-state index in [9.17, 15) is 4.79 Å². The fraction of sp³-hybridized carbons (Fsp3) is 0.400. The minimum atomic E-state index is -0.177. The lowest BCUT2D eigenvalue weighted by atomic mass is 10.2. The maximum atomic E-state index is 12.7. The Balaban J connectivity index is 1.16. The van der Waals surface area contributed by atoms with Crippen molar-refractivity contribution in [2.45, 2.75) is 19.4 Å². The van der Waals surface area contributed by atoms with Gasteiger partial charge in [-0.1, -0.05) is 11.2 Å². The van der Waals surface area contributed by atoms with Gasteiger partial charge in [0.05, 0.1) is 6.33 Å². The fourth-order valence-electron chi connectivity index (χ4n) is 4.54. The largest absolute Gasteiger partial charge is 0.356 e. The quantitative estimate of drug-likeness (QED) is 0.498.